The molecular formula is C11H16N4O3. The Labute approximate surface area is 104 Å². The van der Waals surface area contributed by atoms with Gasteiger partial charge in [0.2, 0.25) is 5.91 Å². The number of carboxylic acid groups (broad SMARTS) is 1. The van der Waals surface area contributed by atoms with E-state index in [-0.39, 0.29) is 11.6 Å². The van der Waals surface area contributed by atoms with Crippen molar-refractivity contribution >= 4 is 11.9 Å². The summed E-state index contributed by atoms with van der Waals surface area (Å²) in [7, 11) is 1.73. The number of aromatic carboxylic acids is 1. The quantitative estimate of drug-likeness (QED) is 0.834. The van der Waals surface area contributed by atoms with Crippen LogP contribution in [-0.2, 0) is 11.2 Å². The van der Waals surface area contributed by atoms with E-state index in [1.807, 2.05) is 6.92 Å². The lowest BCUT2D eigenvalue weighted by Gasteiger charge is -2.12. The number of rotatable bonds is 4. The monoisotopic (exact) mass is 252 g/mol. The topological polar surface area (TPSA) is 88.3 Å². The van der Waals surface area contributed by atoms with E-state index in [0.29, 0.717) is 25.1 Å². The molecule has 1 aromatic rings. The summed E-state index contributed by atoms with van der Waals surface area (Å²) < 4.78 is 1.48. The molecule has 0 saturated carbocycles. The summed E-state index contributed by atoms with van der Waals surface area (Å²) in [5, 5.41) is 16.6. The molecule has 1 amide bonds. The number of carbonyl (C=O) groups excluding carboxylic acids is 1. The largest absolute Gasteiger partial charge is 0.476 e. The van der Waals surface area contributed by atoms with Gasteiger partial charge in [0.25, 0.3) is 0 Å². The van der Waals surface area contributed by atoms with Crippen molar-refractivity contribution in [3.63, 3.8) is 0 Å². The molecule has 0 aromatic carbocycles. The molecule has 0 bridgehead atoms. The van der Waals surface area contributed by atoms with E-state index in [1.165, 1.54) is 4.68 Å². The molecule has 0 radical (unpaired) electrons. The summed E-state index contributed by atoms with van der Waals surface area (Å²) in [6.45, 7) is 2.61. The van der Waals surface area contributed by atoms with Crippen LogP contribution in [0.4, 0.5) is 0 Å². The Morgan fingerprint density at radius 1 is 1.56 bits per heavy atom. The molecule has 2 rings (SSSR count). The van der Waals surface area contributed by atoms with Gasteiger partial charge in [-0.3, -0.25) is 4.79 Å². The predicted molar refractivity (Wildman–Crippen MR) is 62.3 cm³/mol. The van der Waals surface area contributed by atoms with Gasteiger partial charge in [0, 0.05) is 13.6 Å². The Hall–Kier alpha value is -1.92. The molecule has 98 valence electrons. The van der Waals surface area contributed by atoms with Crippen LogP contribution in [0.2, 0.25) is 0 Å². The molecule has 7 heteroatoms. The lowest BCUT2D eigenvalue weighted by Crippen LogP contribution is -2.26. The highest BCUT2D eigenvalue weighted by Crippen LogP contribution is 2.24. The van der Waals surface area contributed by atoms with Gasteiger partial charge in [-0.05, 0) is 12.8 Å². The lowest BCUT2D eigenvalue weighted by atomic mass is 10.1. The summed E-state index contributed by atoms with van der Waals surface area (Å²) in [5.41, 5.74) is 0.498. The fourth-order valence-corrected chi connectivity index (χ4v) is 2.23. The number of carboxylic acids is 1. The third kappa shape index (κ3) is 1.96. The third-order valence-corrected chi connectivity index (χ3v) is 3.17. The minimum Gasteiger partial charge on any atom is -0.476 e. The Morgan fingerprint density at radius 3 is 2.78 bits per heavy atom. The second-order valence-electron chi connectivity index (χ2n) is 4.45. The molecular weight excluding hydrogens is 236 g/mol. The number of amides is 1. The second kappa shape index (κ2) is 4.75. The zero-order valence-electron chi connectivity index (χ0n) is 10.5. The molecule has 1 aromatic heterocycles. The lowest BCUT2D eigenvalue weighted by molar-refractivity contribution is -0.129. The number of likely N-dealkylation sites (N-methyl/N-ethyl adjacent to an activating group) is 1. The van der Waals surface area contributed by atoms with Gasteiger partial charge < -0.3 is 10.0 Å². The molecule has 1 N–H and O–H groups in total. The molecule has 7 nitrogen and oxygen atoms in total. The van der Waals surface area contributed by atoms with E-state index in [2.05, 4.69) is 10.3 Å². The zero-order valence-corrected chi connectivity index (χ0v) is 10.5. The van der Waals surface area contributed by atoms with Crippen LogP contribution in [0, 0.1) is 0 Å². The van der Waals surface area contributed by atoms with Gasteiger partial charge >= 0.3 is 5.97 Å². The maximum absolute atomic E-state index is 11.9. The van der Waals surface area contributed by atoms with Gasteiger partial charge in [-0.15, -0.1) is 5.10 Å². The van der Waals surface area contributed by atoms with Gasteiger partial charge in [0.15, 0.2) is 5.69 Å². The molecule has 1 unspecified atom stereocenters. The van der Waals surface area contributed by atoms with E-state index in [1.54, 1.807) is 11.9 Å². The van der Waals surface area contributed by atoms with Crippen molar-refractivity contribution in [3.8, 4) is 0 Å². The van der Waals surface area contributed by atoms with Crippen LogP contribution < -0.4 is 0 Å². The van der Waals surface area contributed by atoms with Crippen molar-refractivity contribution in [1.82, 2.24) is 19.9 Å². The Morgan fingerprint density at radius 2 is 2.28 bits per heavy atom. The van der Waals surface area contributed by atoms with Crippen LogP contribution in [0.3, 0.4) is 0 Å². The van der Waals surface area contributed by atoms with E-state index in [0.717, 1.165) is 6.42 Å². The highest BCUT2D eigenvalue weighted by molar-refractivity contribution is 5.87. The van der Waals surface area contributed by atoms with Gasteiger partial charge in [-0.25, -0.2) is 9.48 Å². The fourth-order valence-electron chi connectivity index (χ4n) is 2.23. The first-order valence-corrected chi connectivity index (χ1v) is 5.98. The number of aromatic nitrogens is 3. The van der Waals surface area contributed by atoms with Crippen LogP contribution in [0.15, 0.2) is 0 Å². The predicted octanol–water partition coefficient (Wildman–Crippen LogP) is 0.332. The first kappa shape index (κ1) is 12.5. The number of nitrogens with zero attached hydrogens (tertiary/aromatic N) is 4. The number of hydrogen-bond acceptors (Lipinski definition) is 4. The van der Waals surface area contributed by atoms with Crippen molar-refractivity contribution in [2.75, 3.05) is 13.6 Å². The first-order chi connectivity index (χ1) is 8.56. The van der Waals surface area contributed by atoms with Crippen molar-refractivity contribution in [3.05, 3.63) is 11.4 Å². The van der Waals surface area contributed by atoms with Crippen molar-refractivity contribution in [2.24, 2.45) is 0 Å². The molecule has 1 aliphatic heterocycles. The Kier molecular flexibility index (Phi) is 3.31. The maximum Gasteiger partial charge on any atom is 0.358 e. The van der Waals surface area contributed by atoms with E-state index in [4.69, 9.17) is 5.11 Å². The fraction of sp³-hybridized carbons (Fsp3) is 0.636. The molecule has 0 spiro atoms. The van der Waals surface area contributed by atoms with Gasteiger partial charge in [-0.2, -0.15) is 0 Å². The standard InChI is InChI=1S/C11H16N4O3/c1-3-4-7-9(11(17)18)12-13-15(7)8-5-6-14(2)10(8)16/h8H,3-6H2,1-2H3,(H,17,18). The van der Waals surface area contributed by atoms with Gasteiger partial charge in [0.1, 0.15) is 6.04 Å². The minimum absolute atomic E-state index is 0.0332. The number of likely N-dealkylation sites (tertiary alicyclic amines) is 1. The summed E-state index contributed by atoms with van der Waals surface area (Å²) in [5.74, 6) is -1.13. The molecule has 1 aliphatic rings. The molecule has 0 aliphatic carbocycles. The summed E-state index contributed by atoms with van der Waals surface area (Å²) in [6.07, 6.45) is 1.99. The maximum atomic E-state index is 11.9. The van der Waals surface area contributed by atoms with Gasteiger partial charge in [-0.1, -0.05) is 18.6 Å². The van der Waals surface area contributed by atoms with Crippen molar-refractivity contribution in [2.45, 2.75) is 32.2 Å². The molecule has 18 heavy (non-hydrogen) atoms. The zero-order chi connectivity index (χ0) is 13.3. The van der Waals surface area contributed by atoms with E-state index >= 15 is 0 Å². The average molecular weight is 252 g/mol. The highest BCUT2D eigenvalue weighted by atomic mass is 16.4. The molecule has 2 heterocycles. The number of hydrogen-bond donors (Lipinski definition) is 1. The van der Waals surface area contributed by atoms with Gasteiger partial charge in [0.05, 0.1) is 5.69 Å². The second-order valence-corrected chi connectivity index (χ2v) is 4.45. The normalized spacial score (nSPS) is 19.6. The summed E-state index contributed by atoms with van der Waals surface area (Å²) >= 11 is 0. The van der Waals surface area contributed by atoms with Crippen LogP contribution >= 0.6 is 0 Å². The Bertz CT molecular complexity index is 483. The smallest absolute Gasteiger partial charge is 0.358 e. The van der Waals surface area contributed by atoms with Crippen LogP contribution in [0.1, 0.15) is 42.0 Å². The average Bonchev–Trinajstić information content (AvgIpc) is 2.86. The summed E-state index contributed by atoms with van der Waals surface area (Å²) in [4.78, 5) is 24.6. The van der Waals surface area contributed by atoms with Crippen molar-refractivity contribution < 1.29 is 14.7 Å². The summed E-state index contributed by atoms with van der Waals surface area (Å²) in [6, 6.07) is -0.405. The van der Waals surface area contributed by atoms with Crippen LogP contribution in [-0.4, -0.2) is 50.5 Å². The molecule has 1 fully saturated rings. The van der Waals surface area contributed by atoms with Crippen LogP contribution in [0.25, 0.3) is 0 Å². The van der Waals surface area contributed by atoms with Crippen molar-refractivity contribution in [1.29, 1.82) is 0 Å². The number of carbonyl (C=O) groups is 2. The van der Waals surface area contributed by atoms with E-state index < -0.39 is 12.0 Å². The minimum atomic E-state index is -1.09. The Balaban J connectivity index is 2.39. The highest BCUT2D eigenvalue weighted by Gasteiger charge is 2.34. The van der Waals surface area contributed by atoms with Crippen LogP contribution in [0.5, 0.6) is 0 Å². The van der Waals surface area contributed by atoms with E-state index in [9.17, 15) is 9.59 Å². The first-order valence-electron chi connectivity index (χ1n) is 5.98. The molecule has 1 atom stereocenters. The SMILES string of the molecule is CCCc1c(C(=O)O)nnn1C1CCN(C)C1=O. The third-order valence-electron chi connectivity index (χ3n) is 3.17. The molecule has 1 saturated heterocycles.